The smallest absolute Gasteiger partial charge is 0.453 e. The Morgan fingerprint density at radius 2 is 1.70 bits per heavy atom. The van der Waals surface area contributed by atoms with Gasteiger partial charge in [-0.3, -0.25) is 0 Å². The van der Waals surface area contributed by atoms with Gasteiger partial charge >= 0.3 is 17.7 Å². The maximum absolute atomic E-state index is 12.2. The van der Waals surface area contributed by atoms with E-state index in [9.17, 15) is 9.59 Å². The summed E-state index contributed by atoms with van der Waals surface area (Å²) in [6.07, 6.45) is 0.615. The largest absolute Gasteiger partial charge is 0.460 e. The van der Waals surface area contributed by atoms with E-state index in [4.69, 9.17) is 30.5 Å². The highest BCUT2D eigenvalue weighted by atomic mass is 35.5. The third-order valence-corrected chi connectivity index (χ3v) is 3.28. The molecule has 0 saturated carbocycles. The zero-order valence-electron chi connectivity index (χ0n) is 13.3. The van der Waals surface area contributed by atoms with Gasteiger partial charge in [0, 0.05) is 5.38 Å². The van der Waals surface area contributed by atoms with Crippen LogP contribution < -0.4 is 9.47 Å². The Morgan fingerprint density at radius 1 is 1.13 bits per heavy atom. The summed E-state index contributed by atoms with van der Waals surface area (Å²) in [5.74, 6) is -3.58. The minimum absolute atomic E-state index is 0.0600. The fourth-order valence-electron chi connectivity index (χ4n) is 2.20. The van der Waals surface area contributed by atoms with Crippen molar-refractivity contribution >= 4 is 23.5 Å². The van der Waals surface area contributed by atoms with E-state index in [0.29, 0.717) is 6.42 Å². The summed E-state index contributed by atoms with van der Waals surface area (Å²) in [6, 6.07) is 5.12. The highest BCUT2D eigenvalue weighted by Crippen LogP contribution is 2.41. The molecule has 0 N–H and O–H groups in total. The number of rotatable bonds is 6. The first-order valence-corrected chi connectivity index (χ1v) is 7.86. The van der Waals surface area contributed by atoms with E-state index in [0.717, 1.165) is 5.56 Å². The lowest BCUT2D eigenvalue weighted by Gasteiger charge is -2.22. The van der Waals surface area contributed by atoms with Crippen LogP contribution in [0.15, 0.2) is 18.2 Å². The number of esters is 2. The van der Waals surface area contributed by atoms with Crippen LogP contribution in [0.2, 0.25) is 0 Å². The molecule has 1 atom stereocenters. The van der Waals surface area contributed by atoms with Crippen LogP contribution in [0.1, 0.15) is 26.3 Å². The maximum Gasteiger partial charge on any atom is 0.453 e. The summed E-state index contributed by atoms with van der Waals surface area (Å²) in [5, 5.41) is -0.0600. The van der Waals surface area contributed by atoms with E-state index in [1.807, 2.05) is 6.92 Å². The first kappa shape index (κ1) is 17.4. The third kappa shape index (κ3) is 3.52. The monoisotopic (exact) mass is 342 g/mol. The Morgan fingerprint density at radius 3 is 2.22 bits per heavy atom. The van der Waals surface area contributed by atoms with Gasteiger partial charge in [0.15, 0.2) is 11.5 Å². The molecule has 1 aromatic carbocycles. The van der Waals surface area contributed by atoms with Crippen LogP contribution in [0.4, 0.5) is 0 Å². The fourth-order valence-corrected chi connectivity index (χ4v) is 2.38. The molecule has 0 bridgehead atoms. The number of hydrogen-bond acceptors (Lipinski definition) is 6. The van der Waals surface area contributed by atoms with E-state index < -0.39 is 17.7 Å². The molecule has 126 valence electrons. The highest BCUT2D eigenvalue weighted by molar-refractivity contribution is 6.20. The molecule has 1 aliphatic rings. The second kappa shape index (κ2) is 7.08. The van der Waals surface area contributed by atoms with E-state index in [2.05, 4.69) is 0 Å². The Hall–Kier alpha value is -1.95. The highest BCUT2D eigenvalue weighted by Gasteiger charge is 2.59. The van der Waals surface area contributed by atoms with Crippen molar-refractivity contribution in [2.24, 2.45) is 0 Å². The second-order valence-corrected chi connectivity index (χ2v) is 5.77. The van der Waals surface area contributed by atoms with Gasteiger partial charge in [-0.15, -0.1) is 11.6 Å². The van der Waals surface area contributed by atoms with Crippen LogP contribution in [0, 0.1) is 0 Å². The second-order valence-electron chi connectivity index (χ2n) is 5.03. The lowest BCUT2D eigenvalue weighted by atomic mass is 10.1. The number of carbonyl (C=O) groups excluding carboxylic acids is 2. The summed E-state index contributed by atoms with van der Waals surface area (Å²) in [7, 11) is 0. The molecule has 0 amide bonds. The van der Waals surface area contributed by atoms with Gasteiger partial charge in [-0.25, -0.2) is 9.59 Å². The molecular weight excluding hydrogens is 324 g/mol. The van der Waals surface area contributed by atoms with Gasteiger partial charge in [0.25, 0.3) is 0 Å². The lowest BCUT2D eigenvalue weighted by molar-refractivity contribution is -0.202. The molecule has 7 heteroatoms. The third-order valence-electron chi connectivity index (χ3n) is 3.12. The topological polar surface area (TPSA) is 71.1 Å². The Balaban J connectivity index is 2.32. The summed E-state index contributed by atoms with van der Waals surface area (Å²) in [4.78, 5) is 24.4. The minimum Gasteiger partial charge on any atom is -0.460 e. The molecule has 6 nitrogen and oxygen atoms in total. The molecule has 0 aromatic heterocycles. The van der Waals surface area contributed by atoms with Gasteiger partial charge in [0.05, 0.1) is 13.2 Å². The standard InChI is InChI=1S/C16H19ClO6/c1-4-20-14(18)16(15(19)21-5-2)22-12-7-6-11(8-10(3)17)9-13(12)23-16/h6-7,9-10H,4-5,8H2,1-3H3/t10-/m0/s1. The number of hydrogen-bond donors (Lipinski definition) is 0. The Bertz CT molecular complexity index is 580. The average molecular weight is 343 g/mol. The van der Waals surface area contributed by atoms with Crippen LogP contribution in [0.3, 0.4) is 0 Å². The first-order valence-electron chi connectivity index (χ1n) is 7.42. The average Bonchev–Trinajstić information content (AvgIpc) is 2.87. The van der Waals surface area contributed by atoms with Crippen molar-refractivity contribution in [1.82, 2.24) is 0 Å². The van der Waals surface area contributed by atoms with Crippen molar-refractivity contribution in [3.8, 4) is 11.5 Å². The van der Waals surface area contributed by atoms with Gasteiger partial charge in [0.1, 0.15) is 0 Å². The molecule has 0 radical (unpaired) electrons. The number of carbonyl (C=O) groups is 2. The SMILES string of the molecule is CCOC(=O)C1(C(=O)OCC)Oc2ccc(C[C@H](C)Cl)cc2O1. The number of halogens is 1. The van der Waals surface area contributed by atoms with Crippen molar-refractivity contribution in [3.63, 3.8) is 0 Å². The molecule has 1 aromatic rings. The quantitative estimate of drug-likeness (QED) is 0.449. The van der Waals surface area contributed by atoms with Gasteiger partial charge in [-0.05, 0) is 44.9 Å². The van der Waals surface area contributed by atoms with Crippen molar-refractivity contribution in [2.75, 3.05) is 13.2 Å². The van der Waals surface area contributed by atoms with E-state index in [-0.39, 0.29) is 30.1 Å². The number of ether oxygens (including phenoxy) is 4. The van der Waals surface area contributed by atoms with Crippen LogP contribution >= 0.6 is 11.6 Å². The molecule has 1 heterocycles. The van der Waals surface area contributed by atoms with Crippen LogP contribution in [-0.4, -0.2) is 36.3 Å². The summed E-state index contributed by atoms with van der Waals surface area (Å²) in [5.41, 5.74) is 0.901. The fraction of sp³-hybridized carbons (Fsp3) is 0.500. The van der Waals surface area contributed by atoms with Crippen molar-refractivity contribution in [1.29, 1.82) is 0 Å². The normalized spacial score (nSPS) is 15.8. The molecule has 2 rings (SSSR count). The van der Waals surface area contributed by atoms with Crippen molar-refractivity contribution in [2.45, 2.75) is 38.4 Å². The maximum atomic E-state index is 12.2. The van der Waals surface area contributed by atoms with Gasteiger partial charge in [-0.2, -0.15) is 0 Å². The van der Waals surface area contributed by atoms with Gasteiger partial charge in [0.2, 0.25) is 0 Å². The number of fused-ring (bicyclic) bond motifs is 1. The molecule has 0 aliphatic carbocycles. The van der Waals surface area contributed by atoms with E-state index in [1.165, 1.54) is 0 Å². The molecule has 23 heavy (non-hydrogen) atoms. The lowest BCUT2D eigenvalue weighted by Crippen LogP contribution is -2.55. The summed E-state index contributed by atoms with van der Waals surface area (Å²) in [6.45, 7) is 5.28. The number of benzene rings is 1. The van der Waals surface area contributed by atoms with Crippen molar-refractivity contribution < 1.29 is 28.5 Å². The predicted molar refractivity (Wildman–Crippen MR) is 82.7 cm³/mol. The summed E-state index contributed by atoms with van der Waals surface area (Å²) < 4.78 is 20.8. The number of alkyl halides is 1. The van der Waals surface area contributed by atoms with Crippen molar-refractivity contribution in [3.05, 3.63) is 23.8 Å². The zero-order chi connectivity index (χ0) is 17.0. The first-order chi connectivity index (χ1) is 10.9. The van der Waals surface area contributed by atoms with Gasteiger partial charge < -0.3 is 18.9 Å². The van der Waals surface area contributed by atoms with E-state index in [1.54, 1.807) is 32.0 Å². The predicted octanol–water partition coefficient (Wildman–Crippen LogP) is 2.45. The van der Waals surface area contributed by atoms with E-state index >= 15 is 0 Å². The molecule has 0 fully saturated rings. The van der Waals surface area contributed by atoms with Crippen LogP contribution in [0.25, 0.3) is 0 Å². The zero-order valence-corrected chi connectivity index (χ0v) is 14.0. The summed E-state index contributed by atoms with van der Waals surface area (Å²) >= 11 is 5.98. The molecular formula is C16H19ClO6. The Kier molecular flexibility index (Phi) is 5.36. The molecule has 0 spiro atoms. The molecule has 0 unspecified atom stereocenters. The molecule has 1 aliphatic heterocycles. The van der Waals surface area contributed by atoms with Crippen LogP contribution in [0.5, 0.6) is 11.5 Å². The van der Waals surface area contributed by atoms with Gasteiger partial charge in [-0.1, -0.05) is 6.07 Å². The Labute approximate surface area is 139 Å². The van der Waals surface area contributed by atoms with Crippen LogP contribution in [-0.2, 0) is 25.5 Å². The minimum atomic E-state index is -2.25. The molecule has 0 saturated heterocycles.